The summed E-state index contributed by atoms with van der Waals surface area (Å²) in [6.07, 6.45) is 8.08. The minimum atomic E-state index is 0.267. The Balaban J connectivity index is 1.91. The van der Waals surface area contributed by atoms with Gasteiger partial charge < -0.3 is 10.5 Å². The second kappa shape index (κ2) is 6.19. The average Bonchev–Trinajstić information content (AvgIpc) is 2.39. The molecule has 3 nitrogen and oxygen atoms in total. The van der Waals surface area contributed by atoms with E-state index in [9.17, 15) is 0 Å². The minimum Gasteiger partial charge on any atom is -0.481 e. The molecule has 0 saturated heterocycles. The van der Waals surface area contributed by atoms with E-state index in [1.54, 1.807) is 7.11 Å². The summed E-state index contributed by atoms with van der Waals surface area (Å²) in [7, 11) is 1.64. The monoisotopic (exact) mass is 248 g/mol. The highest BCUT2D eigenvalue weighted by Gasteiger charge is 2.24. The quantitative estimate of drug-likeness (QED) is 0.891. The van der Waals surface area contributed by atoms with Crippen LogP contribution >= 0.6 is 0 Å². The summed E-state index contributed by atoms with van der Waals surface area (Å²) in [5.41, 5.74) is 7.56. The van der Waals surface area contributed by atoms with Crippen LogP contribution in [0.1, 0.15) is 38.2 Å². The van der Waals surface area contributed by atoms with Crippen LogP contribution in [0.5, 0.6) is 5.88 Å². The number of ether oxygens (including phenoxy) is 1. The van der Waals surface area contributed by atoms with Crippen LogP contribution in [0.4, 0.5) is 0 Å². The van der Waals surface area contributed by atoms with Crippen molar-refractivity contribution >= 4 is 0 Å². The van der Waals surface area contributed by atoms with E-state index in [2.05, 4.69) is 18.0 Å². The zero-order valence-electron chi connectivity index (χ0n) is 11.4. The van der Waals surface area contributed by atoms with Gasteiger partial charge in [-0.2, -0.15) is 0 Å². The van der Waals surface area contributed by atoms with E-state index in [1.807, 2.05) is 12.3 Å². The molecule has 3 unspecified atom stereocenters. The molecule has 1 fully saturated rings. The highest BCUT2D eigenvalue weighted by Crippen LogP contribution is 2.31. The Labute approximate surface area is 110 Å². The summed E-state index contributed by atoms with van der Waals surface area (Å²) in [6.45, 7) is 2.34. The van der Waals surface area contributed by atoms with E-state index in [0.717, 1.165) is 12.3 Å². The van der Waals surface area contributed by atoms with E-state index in [4.69, 9.17) is 10.5 Å². The zero-order chi connectivity index (χ0) is 13.0. The van der Waals surface area contributed by atoms with Crippen LogP contribution in [0.2, 0.25) is 0 Å². The summed E-state index contributed by atoms with van der Waals surface area (Å²) in [5, 5.41) is 0. The molecule has 3 heteroatoms. The molecular formula is C15H24N2O. The van der Waals surface area contributed by atoms with Gasteiger partial charge in [0.05, 0.1) is 7.11 Å². The highest BCUT2D eigenvalue weighted by atomic mass is 16.5. The Kier molecular flexibility index (Phi) is 4.59. The molecule has 0 amide bonds. The van der Waals surface area contributed by atoms with Gasteiger partial charge in [-0.1, -0.05) is 25.8 Å². The molecule has 100 valence electrons. The largest absolute Gasteiger partial charge is 0.481 e. The predicted molar refractivity (Wildman–Crippen MR) is 73.6 cm³/mol. The number of pyridine rings is 1. The van der Waals surface area contributed by atoms with E-state index >= 15 is 0 Å². The van der Waals surface area contributed by atoms with Gasteiger partial charge in [0.2, 0.25) is 5.88 Å². The maximum absolute atomic E-state index is 6.35. The third kappa shape index (κ3) is 3.45. The molecule has 1 aromatic rings. The number of rotatable bonds is 4. The highest BCUT2D eigenvalue weighted by molar-refractivity contribution is 5.18. The molecule has 18 heavy (non-hydrogen) atoms. The molecule has 1 aliphatic rings. The molecule has 3 atom stereocenters. The number of hydrogen-bond donors (Lipinski definition) is 1. The smallest absolute Gasteiger partial charge is 0.212 e. The van der Waals surface area contributed by atoms with Gasteiger partial charge >= 0.3 is 0 Å². The van der Waals surface area contributed by atoms with Gasteiger partial charge in [-0.25, -0.2) is 4.98 Å². The summed E-state index contributed by atoms with van der Waals surface area (Å²) in [6, 6.07) is 4.24. The molecule has 0 bridgehead atoms. The zero-order valence-corrected chi connectivity index (χ0v) is 11.4. The third-order valence-electron chi connectivity index (χ3n) is 4.06. The normalized spacial score (nSPS) is 25.7. The number of aromatic nitrogens is 1. The number of methoxy groups -OCH3 is 1. The first-order chi connectivity index (χ1) is 8.69. The van der Waals surface area contributed by atoms with Crippen molar-refractivity contribution in [2.24, 2.45) is 17.6 Å². The lowest BCUT2D eigenvalue weighted by Gasteiger charge is -2.31. The maximum Gasteiger partial charge on any atom is 0.212 e. The van der Waals surface area contributed by atoms with Crippen molar-refractivity contribution in [1.82, 2.24) is 4.98 Å². The summed E-state index contributed by atoms with van der Waals surface area (Å²) >= 11 is 0. The van der Waals surface area contributed by atoms with Gasteiger partial charge in [-0.3, -0.25) is 0 Å². The van der Waals surface area contributed by atoms with Gasteiger partial charge in [0.15, 0.2) is 0 Å². The van der Waals surface area contributed by atoms with Crippen LogP contribution in [-0.2, 0) is 6.42 Å². The lowest BCUT2D eigenvalue weighted by atomic mass is 9.77. The van der Waals surface area contributed by atoms with Crippen molar-refractivity contribution in [1.29, 1.82) is 0 Å². The molecule has 0 aromatic carbocycles. The predicted octanol–water partition coefficient (Wildman–Crippen LogP) is 2.79. The van der Waals surface area contributed by atoms with Crippen molar-refractivity contribution in [2.75, 3.05) is 7.11 Å². The van der Waals surface area contributed by atoms with Crippen molar-refractivity contribution in [2.45, 2.75) is 45.1 Å². The first-order valence-corrected chi connectivity index (χ1v) is 6.93. The molecule has 1 saturated carbocycles. The Morgan fingerprint density at radius 1 is 1.44 bits per heavy atom. The third-order valence-corrected chi connectivity index (χ3v) is 4.06. The van der Waals surface area contributed by atoms with Gasteiger partial charge in [-0.15, -0.1) is 0 Å². The minimum absolute atomic E-state index is 0.267. The van der Waals surface area contributed by atoms with Crippen molar-refractivity contribution in [3.63, 3.8) is 0 Å². The molecule has 0 radical (unpaired) electrons. The number of nitrogens with zero attached hydrogens (tertiary/aromatic N) is 1. The molecule has 1 aromatic heterocycles. The Morgan fingerprint density at radius 3 is 2.89 bits per heavy atom. The fourth-order valence-electron chi connectivity index (χ4n) is 2.96. The van der Waals surface area contributed by atoms with Crippen molar-refractivity contribution in [3.8, 4) is 5.88 Å². The summed E-state index contributed by atoms with van der Waals surface area (Å²) < 4.78 is 5.06. The van der Waals surface area contributed by atoms with Crippen LogP contribution in [0.25, 0.3) is 0 Å². The molecule has 2 rings (SSSR count). The van der Waals surface area contributed by atoms with Crippen LogP contribution < -0.4 is 10.5 Å². The average molecular weight is 248 g/mol. The van der Waals surface area contributed by atoms with Crippen molar-refractivity contribution < 1.29 is 4.74 Å². The van der Waals surface area contributed by atoms with Crippen LogP contribution in [0, 0.1) is 11.8 Å². The maximum atomic E-state index is 6.35. The molecule has 0 spiro atoms. The van der Waals surface area contributed by atoms with Gasteiger partial charge in [-0.05, 0) is 36.7 Å². The van der Waals surface area contributed by atoms with Crippen LogP contribution in [0.15, 0.2) is 18.3 Å². The van der Waals surface area contributed by atoms with E-state index in [0.29, 0.717) is 11.8 Å². The molecule has 0 aliphatic heterocycles. The molecule has 2 N–H and O–H groups in total. The van der Waals surface area contributed by atoms with E-state index in [1.165, 1.54) is 31.2 Å². The molecular weight excluding hydrogens is 224 g/mol. The van der Waals surface area contributed by atoms with Crippen LogP contribution in [0.3, 0.4) is 0 Å². The number of hydrogen-bond acceptors (Lipinski definition) is 3. The first kappa shape index (κ1) is 13.3. The van der Waals surface area contributed by atoms with Crippen molar-refractivity contribution in [3.05, 3.63) is 23.9 Å². The fraction of sp³-hybridized carbons (Fsp3) is 0.667. The Bertz CT molecular complexity index is 363. The lowest BCUT2D eigenvalue weighted by molar-refractivity contribution is 0.245. The Morgan fingerprint density at radius 2 is 2.28 bits per heavy atom. The standard InChI is InChI=1S/C15H24N2O/c1-11-4-3-5-13(8-11)14(16)9-12-6-7-15(18-2)17-10-12/h6-7,10-11,13-14H,3-5,8-9,16H2,1-2H3. The second-order valence-electron chi connectivity index (χ2n) is 5.61. The van der Waals surface area contributed by atoms with E-state index < -0.39 is 0 Å². The topological polar surface area (TPSA) is 48.1 Å². The summed E-state index contributed by atoms with van der Waals surface area (Å²) in [4.78, 5) is 4.23. The lowest BCUT2D eigenvalue weighted by Crippen LogP contribution is -2.35. The number of nitrogens with two attached hydrogens (primary N) is 1. The SMILES string of the molecule is COc1ccc(CC(N)C2CCCC(C)C2)cn1. The first-order valence-electron chi connectivity index (χ1n) is 6.93. The molecule has 1 aliphatic carbocycles. The van der Waals surface area contributed by atoms with Gasteiger partial charge in [0.25, 0.3) is 0 Å². The molecule has 1 heterocycles. The fourth-order valence-corrected chi connectivity index (χ4v) is 2.96. The van der Waals surface area contributed by atoms with Crippen LogP contribution in [-0.4, -0.2) is 18.1 Å². The second-order valence-corrected chi connectivity index (χ2v) is 5.61. The van der Waals surface area contributed by atoms with Gasteiger partial charge in [0, 0.05) is 18.3 Å². The van der Waals surface area contributed by atoms with E-state index in [-0.39, 0.29) is 6.04 Å². The summed E-state index contributed by atoms with van der Waals surface area (Å²) in [5.74, 6) is 2.18. The van der Waals surface area contributed by atoms with Gasteiger partial charge in [0.1, 0.15) is 0 Å². The Hall–Kier alpha value is -1.09.